The largest absolute Gasteiger partial charge is 0.378 e. The molecule has 3 nitrogen and oxygen atoms in total. The van der Waals surface area contributed by atoms with E-state index in [1.165, 1.54) is 19.3 Å². The smallest absolute Gasteiger partial charge is 0.0950 e. The van der Waals surface area contributed by atoms with E-state index in [4.69, 9.17) is 15.7 Å². The summed E-state index contributed by atoms with van der Waals surface area (Å²) in [6.45, 7) is 0.638. The molecule has 1 unspecified atom stereocenters. The molecule has 2 N–H and O–H groups in total. The van der Waals surface area contributed by atoms with Crippen LogP contribution in [0.15, 0.2) is 0 Å². The molecule has 1 aliphatic carbocycles. The first-order valence-electron chi connectivity index (χ1n) is 4.09. The maximum absolute atomic E-state index is 8.34. The molecule has 1 saturated carbocycles. The summed E-state index contributed by atoms with van der Waals surface area (Å²) in [7, 11) is 0. The van der Waals surface area contributed by atoms with E-state index < -0.39 is 0 Å². The second-order valence-electron chi connectivity index (χ2n) is 2.95. The summed E-state index contributed by atoms with van der Waals surface area (Å²) in [5, 5.41) is 8.34. The normalized spacial score (nSPS) is 20.4. The summed E-state index contributed by atoms with van der Waals surface area (Å²) in [5.74, 6) is 0. The Morgan fingerprint density at radius 1 is 1.64 bits per heavy atom. The van der Waals surface area contributed by atoms with Gasteiger partial charge in [-0.1, -0.05) is 0 Å². The van der Waals surface area contributed by atoms with E-state index in [9.17, 15) is 0 Å². The molecule has 0 heterocycles. The predicted octanol–water partition coefficient (Wildman–Crippen LogP) is 0.796. The lowest BCUT2D eigenvalue weighted by Crippen LogP contribution is -2.25. The standard InChI is InChI=1S/C8H14N2O/c9-6-7(10)4-5-11-8-2-1-3-8/h7-8H,1-5,10H2. The minimum absolute atomic E-state index is 0.352. The van der Waals surface area contributed by atoms with Crippen molar-refractivity contribution < 1.29 is 4.74 Å². The zero-order valence-electron chi connectivity index (χ0n) is 6.62. The highest BCUT2D eigenvalue weighted by atomic mass is 16.5. The van der Waals surface area contributed by atoms with Crippen LogP contribution in [0.4, 0.5) is 0 Å². The lowest BCUT2D eigenvalue weighted by atomic mass is 9.96. The van der Waals surface area contributed by atoms with Gasteiger partial charge in [0.1, 0.15) is 0 Å². The highest BCUT2D eigenvalue weighted by Gasteiger charge is 2.17. The van der Waals surface area contributed by atoms with Gasteiger partial charge in [-0.2, -0.15) is 5.26 Å². The van der Waals surface area contributed by atoms with Crippen molar-refractivity contribution in [2.75, 3.05) is 6.61 Å². The van der Waals surface area contributed by atoms with Crippen molar-refractivity contribution in [3.8, 4) is 6.07 Å². The first kappa shape index (κ1) is 8.51. The van der Waals surface area contributed by atoms with Gasteiger partial charge in [-0.15, -0.1) is 0 Å². The molecule has 0 bridgehead atoms. The van der Waals surface area contributed by atoms with E-state index in [1.807, 2.05) is 6.07 Å². The Bertz CT molecular complexity index is 149. The van der Waals surface area contributed by atoms with Gasteiger partial charge >= 0.3 is 0 Å². The van der Waals surface area contributed by atoms with Crippen LogP contribution in [-0.2, 0) is 4.74 Å². The number of nitriles is 1. The number of nitrogens with zero attached hydrogens (tertiary/aromatic N) is 1. The fourth-order valence-corrected chi connectivity index (χ4v) is 0.964. The van der Waals surface area contributed by atoms with E-state index in [-0.39, 0.29) is 6.04 Å². The summed E-state index contributed by atoms with van der Waals surface area (Å²) >= 11 is 0. The van der Waals surface area contributed by atoms with Gasteiger partial charge in [0.05, 0.1) is 18.2 Å². The Morgan fingerprint density at radius 3 is 2.82 bits per heavy atom. The topological polar surface area (TPSA) is 59.0 Å². The van der Waals surface area contributed by atoms with Gasteiger partial charge < -0.3 is 10.5 Å². The lowest BCUT2D eigenvalue weighted by molar-refractivity contribution is 0.000717. The summed E-state index contributed by atoms with van der Waals surface area (Å²) < 4.78 is 5.42. The minimum Gasteiger partial charge on any atom is -0.378 e. The van der Waals surface area contributed by atoms with Gasteiger partial charge in [0.15, 0.2) is 0 Å². The van der Waals surface area contributed by atoms with E-state index in [2.05, 4.69) is 0 Å². The molecule has 1 fully saturated rings. The van der Waals surface area contributed by atoms with Crippen LogP contribution in [0.1, 0.15) is 25.7 Å². The van der Waals surface area contributed by atoms with E-state index in [0.29, 0.717) is 19.1 Å². The van der Waals surface area contributed by atoms with Crippen molar-refractivity contribution >= 4 is 0 Å². The molecule has 0 amide bonds. The first-order valence-corrected chi connectivity index (χ1v) is 4.09. The highest BCUT2D eigenvalue weighted by molar-refractivity contribution is 4.86. The van der Waals surface area contributed by atoms with Crippen molar-refractivity contribution in [1.82, 2.24) is 0 Å². The Balaban J connectivity index is 1.91. The molecule has 1 aliphatic rings. The lowest BCUT2D eigenvalue weighted by Gasteiger charge is -2.25. The monoisotopic (exact) mass is 154 g/mol. The fraction of sp³-hybridized carbons (Fsp3) is 0.875. The molecule has 1 rings (SSSR count). The van der Waals surface area contributed by atoms with E-state index in [1.54, 1.807) is 0 Å². The summed E-state index contributed by atoms with van der Waals surface area (Å²) in [4.78, 5) is 0. The molecule has 11 heavy (non-hydrogen) atoms. The Kier molecular flexibility index (Phi) is 3.34. The molecular formula is C8H14N2O. The minimum atomic E-state index is -0.352. The Morgan fingerprint density at radius 2 is 2.36 bits per heavy atom. The molecule has 0 saturated heterocycles. The number of hydrogen-bond acceptors (Lipinski definition) is 3. The zero-order valence-corrected chi connectivity index (χ0v) is 6.62. The second-order valence-corrected chi connectivity index (χ2v) is 2.95. The maximum atomic E-state index is 8.34. The molecule has 0 radical (unpaired) electrons. The number of nitrogens with two attached hydrogens (primary N) is 1. The van der Waals surface area contributed by atoms with Crippen LogP contribution in [0.3, 0.4) is 0 Å². The summed E-state index contributed by atoms with van der Waals surface area (Å²) in [6.07, 6.45) is 4.77. The highest BCUT2D eigenvalue weighted by Crippen LogP contribution is 2.21. The van der Waals surface area contributed by atoms with Crippen molar-refractivity contribution in [2.24, 2.45) is 5.73 Å². The van der Waals surface area contributed by atoms with Gasteiger partial charge in [-0.3, -0.25) is 0 Å². The van der Waals surface area contributed by atoms with Crippen molar-refractivity contribution in [1.29, 1.82) is 5.26 Å². The van der Waals surface area contributed by atoms with Gasteiger partial charge in [-0.25, -0.2) is 0 Å². The van der Waals surface area contributed by atoms with Gasteiger partial charge in [0, 0.05) is 6.61 Å². The van der Waals surface area contributed by atoms with Gasteiger partial charge in [0.25, 0.3) is 0 Å². The van der Waals surface area contributed by atoms with E-state index >= 15 is 0 Å². The molecule has 0 aliphatic heterocycles. The molecule has 62 valence electrons. The van der Waals surface area contributed by atoms with Crippen molar-refractivity contribution in [3.63, 3.8) is 0 Å². The Hall–Kier alpha value is -0.590. The average Bonchev–Trinajstić information content (AvgIpc) is 1.94. The van der Waals surface area contributed by atoms with Crippen LogP contribution >= 0.6 is 0 Å². The quantitative estimate of drug-likeness (QED) is 0.651. The van der Waals surface area contributed by atoms with Crippen molar-refractivity contribution in [2.45, 2.75) is 37.8 Å². The van der Waals surface area contributed by atoms with Crippen LogP contribution in [0, 0.1) is 11.3 Å². The molecule has 0 aromatic carbocycles. The molecular weight excluding hydrogens is 140 g/mol. The molecule has 1 atom stereocenters. The third-order valence-electron chi connectivity index (χ3n) is 2.00. The third-order valence-corrected chi connectivity index (χ3v) is 2.00. The summed E-state index contributed by atoms with van der Waals surface area (Å²) in [6, 6.07) is 1.62. The third kappa shape index (κ3) is 2.87. The van der Waals surface area contributed by atoms with Gasteiger partial charge in [0.2, 0.25) is 0 Å². The van der Waals surface area contributed by atoms with Crippen LogP contribution in [0.2, 0.25) is 0 Å². The average molecular weight is 154 g/mol. The molecule has 0 spiro atoms. The second kappa shape index (κ2) is 4.32. The van der Waals surface area contributed by atoms with Crippen LogP contribution in [0.5, 0.6) is 0 Å². The van der Waals surface area contributed by atoms with Crippen LogP contribution in [-0.4, -0.2) is 18.8 Å². The number of ether oxygens (including phenoxy) is 1. The van der Waals surface area contributed by atoms with Crippen LogP contribution in [0.25, 0.3) is 0 Å². The fourth-order valence-electron chi connectivity index (χ4n) is 0.964. The number of hydrogen-bond donors (Lipinski definition) is 1. The van der Waals surface area contributed by atoms with Crippen molar-refractivity contribution in [3.05, 3.63) is 0 Å². The molecule has 0 aromatic heterocycles. The van der Waals surface area contributed by atoms with Crippen LogP contribution < -0.4 is 5.73 Å². The summed E-state index contributed by atoms with van der Waals surface area (Å²) in [5.41, 5.74) is 5.38. The zero-order chi connectivity index (χ0) is 8.10. The molecule has 3 heteroatoms. The maximum Gasteiger partial charge on any atom is 0.0950 e. The predicted molar refractivity (Wildman–Crippen MR) is 41.8 cm³/mol. The number of rotatable bonds is 4. The molecule has 0 aromatic rings. The first-order chi connectivity index (χ1) is 5.33. The van der Waals surface area contributed by atoms with Gasteiger partial charge in [-0.05, 0) is 25.7 Å². The van der Waals surface area contributed by atoms with E-state index in [0.717, 1.165) is 0 Å². The SMILES string of the molecule is N#CC(N)CCOC1CCC1. The Labute approximate surface area is 67.1 Å².